The maximum absolute atomic E-state index is 12.3. The van der Waals surface area contributed by atoms with E-state index in [4.69, 9.17) is 5.11 Å². The highest BCUT2D eigenvalue weighted by Crippen LogP contribution is 2.12. The maximum Gasteiger partial charge on any atom is 0.257 e. The number of rotatable bonds is 5. The monoisotopic (exact) mass is 239 g/mol. The van der Waals surface area contributed by atoms with Gasteiger partial charge in [0.25, 0.3) is 5.91 Å². The third-order valence-electron chi connectivity index (χ3n) is 2.69. The number of carbonyl (C=O) groups is 1. The molecular weight excluding hydrogens is 218 g/mol. The predicted molar refractivity (Wildman–Crippen MR) is 65.8 cm³/mol. The van der Waals surface area contributed by atoms with Crippen molar-refractivity contribution in [2.45, 2.75) is 33.2 Å². The second kappa shape index (κ2) is 5.82. The number of amides is 1. The van der Waals surface area contributed by atoms with E-state index >= 15 is 0 Å². The van der Waals surface area contributed by atoms with Crippen molar-refractivity contribution in [2.75, 3.05) is 13.2 Å². The topological polar surface area (TPSA) is 58.4 Å². The van der Waals surface area contributed by atoms with Gasteiger partial charge in [-0.3, -0.25) is 9.48 Å². The van der Waals surface area contributed by atoms with Crippen LogP contribution in [-0.4, -0.2) is 44.9 Å². The molecule has 96 valence electrons. The lowest BCUT2D eigenvalue weighted by Crippen LogP contribution is -2.38. The summed E-state index contributed by atoms with van der Waals surface area (Å²) in [6.07, 6.45) is 2.34. The minimum atomic E-state index is -0.0148. The molecule has 1 N–H and O–H groups in total. The summed E-state index contributed by atoms with van der Waals surface area (Å²) in [6, 6.07) is 0.119. The van der Waals surface area contributed by atoms with Gasteiger partial charge in [0, 0.05) is 32.4 Å². The Kier molecular flexibility index (Phi) is 4.69. The molecular formula is C12H21N3O2. The molecule has 1 aromatic rings. The lowest BCUT2D eigenvalue weighted by Gasteiger charge is -2.26. The summed E-state index contributed by atoms with van der Waals surface area (Å²) in [7, 11) is 1.80. The van der Waals surface area contributed by atoms with Gasteiger partial charge >= 0.3 is 0 Å². The van der Waals surface area contributed by atoms with Crippen molar-refractivity contribution >= 4 is 5.91 Å². The summed E-state index contributed by atoms with van der Waals surface area (Å²) in [5.41, 5.74) is 1.38. The van der Waals surface area contributed by atoms with Crippen molar-refractivity contribution in [1.82, 2.24) is 14.7 Å². The van der Waals surface area contributed by atoms with Gasteiger partial charge in [-0.1, -0.05) is 0 Å². The first-order valence-corrected chi connectivity index (χ1v) is 5.89. The highest BCUT2D eigenvalue weighted by atomic mass is 16.3. The van der Waals surface area contributed by atoms with Crippen molar-refractivity contribution in [3.63, 3.8) is 0 Å². The van der Waals surface area contributed by atoms with E-state index in [0.717, 1.165) is 5.69 Å². The SMILES string of the molecule is Cc1nn(C)cc1C(=O)N(CCCO)C(C)C. The minimum absolute atomic E-state index is 0.0148. The van der Waals surface area contributed by atoms with Gasteiger partial charge in [-0.25, -0.2) is 0 Å². The average Bonchev–Trinajstić information content (AvgIpc) is 2.57. The molecule has 0 aliphatic carbocycles. The normalized spacial score (nSPS) is 10.9. The highest BCUT2D eigenvalue weighted by molar-refractivity contribution is 5.95. The van der Waals surface area contributed by atoms with Crippen LogP contribution in [0.1, 0.15) is 36.3 Å². The van der Waals surface area contributed by atoms with Gasteiger partial charge in [0.05, 0.1) is 11.3 Å². The molecule has 5 nitrogen and oxygen atoms in total. The van der Waals surface area contributed by atoms with Crippen LogP contribution < -0.4 is 0 Å². The molecule has 0 spiro atoms. The molecule has 1 amide bonds. The van der Waals surface area contributed by atoms with Gasteiger partial charge in [-0.15, -0.1) is 0 Å². The lowest BCUT2D eigenvalue weighted by atomic mass is 10.2. The molecule has 0 saturated carbocycles. The number of hydrogen-bond donors (Lipinski definition) is 1. The number of hydrogen-bond acceptors (Lipinski definition) is 3. The van der Waals surface area contributed by atoms with E-state index in [9.17, 15) is 4.79 Å². The fourth-order valence-corrected chi connectivity index (χ4v) is 1.80. The molecule has 17 heavy (non-hydrogen) atoms. The Balaban J connectivity index is 2.87. The first-order valence-electron chi connectivity index (χ1n) is 5.89. The number of aliphatic hydroxyl groups is 1. The maximum atomic E-state index is 12.3. The molecule has 5 heteroatoms. The molecule has 0 saturated heterocycles. The Morgan fingerprint density at radius 1 is 1.59 bits per heavy atom. The molecule has 0 bridgehead atoms. The van der Waals surface area contributed by atoms with Gasteiger partial charge in [-0.05, 0) is 27.2 Å². The van der Waals surface area contributed by atoms with Gasteiger partial charge in [0.1, 0.15) is 0 Å². The summed E-state index contributed by atoms with van der Waals surface area (Å²) in [5, 5.41) is 13.0. The number of aliphatic hydroxyl groups excluding tert-OH is 1. The molecule has 1 rings (SSSR count). The molecule has 0 unspecified atom stereocenters. The third kappa shape index (κ3) is 3.30. The quantitative estimate of drug-likeness (QED) is 0.832. The summed E-state index contributed by atoms with van der Waals surface area (Å²) in [5.74, 6) is -0.0148. The minimum Gasteiger partial charge on any atom is -0.396 e. The summed E-state index contributed by atoms with van der Waals surface area (Å²) < 4.78 is 1.65. The first-order chi connectivity index (χ1) is 7.97. The van der Waals surface area contributed by atoms with Crippen LogP contribution in [0.15, 0.2) is 6.20 Å². The fraction of sp³-hybridized carbons (Fsp3) is 0.667. The van der Waals surface area contributed by atoms with E-state index in [0.29, 0.717) is 18.5 Å². The number of aromatic nitrogens is 2. The highest BCUT2D eigenvalue weighted by Gasteiger charge is 2.21. The third-order valence-corrected chi connectivity index (χ3v) is 2.69. The van der Waals surface area contributed by atoms with Crippen LogP contribution in [-0.2, 0) is 7.05 Å². The van der Waals surface area contributed by atoms with Crippen molar-refractivity contribution in [2.24, 2.45) is 7.05 Å². The van der Waals surface area contributed by atoms with E-state index < -0.39 is 0 Å². The molecule has 0 fully saturated rings. The molecule has 1 aromatic heterocycles. The van der Waals surface area contributed by atoms with E-state index in [1.54, 1.807) is 22.8 Å². The van der Waals surface area contributed by atoms with Gasteiger partial charge in [-0.2, -0.15) is 5.10 Å². The van der Waals surface area contributed by atoms with E-state index in [1.165, 1.54) is 0 Å². The second-order valence-corrected chi connectivity index (χ2v) is 4.47. The summed E-state index contributed by atoms with van der Waals surface area (Å²) >= 11 is 0. The Morgan fingerprint density at radius 3 is 2.65 bits per heavy atom. The van der Waals surface area contributed by atoms with E-state index in [1.807, 2.05) is 20.8 Å². The smallest absolute Gasteiger partial charge is 0.257 e. The van der Waals surface area contributed by atoms with Crippen LogP contribution in [0.2, 0.25) is 0 Å². The average molecular weight is 239 g/mol. The Hall–Kier alpha value is -1.36. The Labute approximate surface area is 102 Å². The van der Waals surface area contributed by atoms with Gasteiger partial charge < -0.3 is 10.0 Å². The van der Waals surface area contributed by atoms with Crippen LogP contribution >= 0.6 is 0 Å². The molecule has 0 aliphatic heterocycles. The summed E-state index contributed by atoms with van der Waals surface area (Å²) in [6.45, 7) is 6.45. The van der Waals surface area contributed by atoms with Crippen LogP contribution in [0.5, 0.6) is 0 Å². The number of carbonyl (C=O) groups excluding carboxylic acids is 1. The fourth-order valence-electron chi connectivity index (χ4n) is 1.80. The molecule has 0 radical (unpaired) electrons. The zero-order valence-electron chi connectivity index (χ0n) is 11.0. The van der Waals surface area contributed by atoms with Crippen molar-refractivity contribution in [3.8, 4) is 0 Å². The Morgan fingerprint density at radius 2 is 2.24 bits per heavy atom. The van der Waals surface area contributed by atoms with Crippen molar-refractivity contribution in [3.05, 3.63) is 17.5 Å². The van der Waals surface area contributed by atoms with Gasteiger partial charge in [0.15, 0.2) is 0 Å². The van der Waals surface area contributed by atoms with Crippen molar-refractivity contribution < 1.29 is 9.90 Å². The molecule has 1 heterocycles. The van der Waals surface area contributed by atoms with Crippen LogP contribution in [0, 0.1) is 6.92 Å². The first kappa shape index (κ1) is 13.7. The molecule has 0 atom stereocenters. The van der Waals surface area contributed by atoms with Crippen LogP contribution in [0.4, 0.5) is 0 Å². The second-order valence-electron chi connectivity index (χ2n) is 4.47. The number of nitrogens with zero attached hydrogens (tertiary/aromatic N) is 3. The van der Waals surface area contributed by atoms with Gasteiger partial charge in [0.2, 0.25) is 0 Å². The summed E-state index contributed by atoms with van der Waals surface area (Å²) in [4.78, 5) is 14.1. The molecule has 0 aromatic carbocycles. The van der Waals surface area contributed by atoms with Crippen molar-refractivity contribution in [1.29, 1.82) is 0 Å². The zero-order chi connectivity index (χ0) is 13.0. The lowest BCUT2D eigenvalue weighted by molar-refractivity contribution is 0.0692. The predicted octanol–water partition coefficient (Wildman–Crippen LogP) is 0.962. The van der Waals surface area contributed by atoms with Crippen LogP contribution in [0.25, 0.3) is 0 Å². The molecule has 0 aliphatic rings. The zero-order valence-corrected chi connectivity index (χ0v) is 11.0. The van der Waals surface area contributed by atoms with Crippen LogP contribution in [0.3, 0.4) is 0 Å². The number of aryl methyl sites for hydroxylation is 2. The largest absolute Gasteiger partial charge is 0.396 e. The Bertz CT molecular complexity index is 385. The standard InChI is InChI=1S/C12H21N3O2/c1-9(2)15(6-5-7-16)12(17)11-8-14(4)13-10(11)3/h8-9,16H,5-7H2,1-4H3. The van der Waals surface area contributed by atoms with E-state index in [2.05, 4.69) is 5.10 Å². The van der Waals surface area contributed by atoms with E-state index in [-0.39, 0.29) is 18.6 Å².